The van der Waals surface area contributed by atoms with Gasteiger partial charge in [0.05, 0.1) is 0 Å². The van der Waals surface area contributed by atoms with Crippen molar-refractivity contribution in [3.8, 4) is 0 Å². The second-order valence-corrected chi connectivity index (χ2v) is 5.61. The minimum absolute atomic E-state index is 0.0222. The van der Waals surface area contributed by atoms with Crippen LogP contribution in [-0.2, 0) is 0 Å². The Morgan fingerprint density at radius 1 is 1.37 bits per heavy atom. The van der Waals surface area contributed by atoms with Crippen LogP contribution in [0.4, 0.5) is 0 Å². The van der Waals surface area contributed by atoms with E-state index in [-0.39, 0.29) is 5.91 Å². The molecule has 0 bridgehead atoms. The van der Waals surface area contributed by atoms with E-state index >= 15 is 0 Å². The second-order valence-electron chi connectivity index (χ2n) is 5.61. The molecule has 6 nitrogen and oxygen atoms in total. The number of aromatic nitrogens is 3. The molecule has 0 radical (unpaired) electrons. The topological polar surface area (TPSA) is 73.9 Å². The molecule has 19 heavy (non-hydrogen) atoms. The molecule has 3 rings (SSSR count). The van der Waals surface area contributed by atoms with Gasteiger partial charge in [0.25, 0.3) is 5.91 Å². The van der Waals surface area contributed by atoms with Crippen LogP contribution in [0.15, 0.2) is 0 Å². The summed E-state index contributed by atoms with van der Waals surface area (Å²) in [5.41, 5.74) is 0. The number of aromatic amines is 1. The van der Waals surface area contributed by atoms with Gasteiger partial charge in [0.1, 0.15) is 5.82 Å². The van der Waals surface area contributed by atoms with Crippen LogP contribution in [0.25, 0.3) is 0 Å². The zero-order valence-corrected chi connectivity index (χ0v) is 11.4. The number of hydrogen-bond donors (Lipinski definition) is 2. The monoisotopic (exact) mass is 263 g/mol. The molecule has 1 aromatic heterocycles. The summed E-state index contributed by atoms with van der Waals surface area (Å²) in [5.74, 6) is 2.40. The number of piperidine rings is 1. The van der Waals surface area contributed by atoms with Crippen LogP contribution in [0, 0.1) is 5.92 Å². The summed E-state index contributed by atoms with van der Waals surface area (Å²) < 4.78 is 0. The number of carbonyl (C=O) groups is 1. The molecule has 2 aliphatic rings. The van der Waals surface area contributed by atoms with Crippen molar-refractivity contribution >= 4 is 5.91 Å². The lowest BCUT2D eigenvalue weighted by atomic mass is 9.97. The van der Waals surface area contributed by atoms with Crippen LogP contribution in [0.2, 0.25) is 0 Å². The van der Waals surface area contributed by atoms with E-state index in [1.54, 1.807) is 0 Å². The van der Waals surface area contributed by atoms with Crippen molar-refractivity contribution in [1.29, 1.82) is 0 Å². The molecule has 1 aliphatic carbocycles. The van der Waals surface area contributed by atoms with E-state index in [0.29, 0.717) is 17.7 Å². The highest BCUT2D eigenvalue weighted by molar-refractivity contribution is 5.90. The molecule has 104 valence electrons. The van der Waals surface area contributed by atoms with Gasteiger partial charge in [-0.25, -0.2) is 4.98 Å². The molecular formula is C13H21N5O. The molecule has 2 fully saturated rings. The summed E-state index contributed by atoms with van der Waals surface area (Å²) in [6.07, 6.45) is 4.45. The fraction of sp³-hybridized carbons (Fsp3) is 0.769. The fourth-order valence-corrected chi connectivity index (χ4v) is 2.68. The van der Waals surface area contributed by atoms with Gasteiger partial charge in [0.15, 0.2) is 0 Å². The molecule has 1 amide bonds. The lowest BCUT2D eigenvalue weighted by Crippen LogP contribution is -2.40. The Morgan fingerprint density at radius 3 is 2.74 bits per heavy atom. The molecule has 0 unspecified atom stereocenters. The number of hydrogen-bond acceptors (Lipinski definition) is 4. The second kappa shape index (κ2) is 5.28. The van der Waals surface area contributed by atoms with Crippen molar-refractivity contribution in [1.82, 2.24) is 25.4 Å². The highest BCUT2D eigenvalue weighted by Gasteiger charge is 2.30. The molecule has 0 aromatic carbocycles. The first kappa shape index (κ1) is 12.6. The summed E-state index contributed by atoms with van der Waals surface area (Å²) in [6, 6.07) is 0. The largest absolute Gasteiger partial charge is 0.336 e. The van der Waals surface area contributed by atoms with E-state index in [4.69, 9.17) is 0 Å². The Balaban J connectivity index is 1.57. The molecule has 1 saturated heterocycles. The number of likely N-dealkylation sites (tertiary alicyclic amines) is 1. The first-order valence-electron chi connectivity index (χ1n) is 7.14. The van der Waals surface area contributed by atoms with E-state index < -0.39 is 0 Å². The van der Waals surface area contributed by atoms with E-state index in [1.807, 2.05) is 11.9 Å². The summed E-state index contributed by atoms with van der Waals surface area (Å²) in [5, 5.41) is 10.2. The Kier molecular flexibility index (Phi) is 3.50. The van der Waals surface area contributed by atoms with Crippen LogP contribution in [0.1, 0.15) is 48.0 Å². The number of amides is 1. The van der Waals surface area contributed by atoms with Crippen LogP contribution < -0.4 is 5.32 Å². The maximum Gasteiger partial charge on any atom is 0.293 e. The molecule has 1 aromatic rings. The average molecular weight is 263 g/mol. The Labute approximate surface area is 113 Å². The normalized spacial score (nSPS) is 20.8. The van der Waals surface area contributed by atoms with Gasteiger partial charge in [-0.15, -0.1) is 5.10 Å². The number of nitrogens with zero attached hydrogens (tertiary/aromatic N) is 3. The number of nitrogens with one attached hydrogen (secondary N) is 2. The smallest absolute Gasteiger partial charge is 0.293 e. The highest BCUT2D eigenvalue weighted by atomic mass is 16.2. The van der Waals surface area contributed by atoms with Gasteiger partial charge in [-0.05, 0) is 45.2 Å². The standard InChI is InChI=1S/C13H21N5O/c1-14-8-9-4-6-18(7-5-9)13(19)12-15-11(16-17-12)10-2-3-10/h9-10,14H,2-8H2,1H3,(H,15,16,17). The quantitative estimate of drug-likeness (QED) is 0.841. The minimum Gasteiger partial charge on any atom is -0.336 e. The number of carbonyl (C=O) groups excluding carboxylic acids is 1. The van der Waals surface area contributed by atoms with Gasteiger partial charge in [-0.2, -0.15) is 0 Å². The molecule has 1 aliphatic heterocycles. The maximum atomic E-state index is 12.3. The zero-order valence-electron chi connectivity index (χ0n) is 11.4. The highest BCUT2D eigenvalue weighted by Crippen LogP contribution is 2.37. The van der Waals surface area contributed by atoms with Gasteiger partial charge in [-0.3, -0.25) is 9.89 Å². The summed E-state index contributed by atoms with van der Waals surface area (Å²) in [4.78, 5) is 18.5. The van der Waals surface area contributed by atoms with Gasteiger partial charge < -0.3 is 10.2 Å². The van der Waals surface area contributed by atoms with Gasteiger partial charge in [0, 0.05) is 19.0 Å². The zero-order chi connectivity index (χ0) is 13.2. The summed E-state index contributed by atoms with van der Waals surface area (Å²) >= 11 is 0. The fourth-order valence-electron chi connectivity index (χ4n) is 2.68. The Hall–Kier alpha value is -1.43. The first-order chi connectivity index (χ1) is 9.28. The molecule has 1 saturated carbocycles. The van der Waals surface area contributed by atoms with E-state index in [2.05, 4.69) is 20.5 Å². The first-order valence-corrected chi connectivity index (χ1v) is 7.14. The van der Waals surface area contributed by atoms with Gasteiger partial charge in [-0.1, -0.05) is 0 Å². The maximum absolute atomic E-state index is 12.3. The number of rotatable bonds is 4. The molecular weight excluding hydrogens is 242 g/mol. The predicted molar refractivity (Wildman–Crippen MR) is 70.9 cm³/mol. The van der Waals surface area contributed by atoms with Crippen molar-refractivity contribution in [3.05, 3.63) is 11.6 Å². The van der Waals surface area contributed by atoms with Gasteiger partial charge >= 0.3 is 0 Å². The van der Waals surface area contributed by atoms with Crippen LogP contribution >= 0.6 is 0 Å². The summed E-state index contributed by atoms with van der Waals surface area (Å²) in [7, 11) is 1.98. The van der Waals surface area contributed by atoms with Crippen LogP contribution in [-0.4, -0.2) is 52.7 Å². The van der Waals surface area contributed by atoms with Crippen molar-refractivity contribution in [2.75, 3.05) is 26.7 Å². The third-order valence-corrected chi connectivity index (χ3v) is 4.05. The van der Waals surface area contributed by atoms with Crippen molar-refractivity contribution in [3.63, 3.8) is 0 Å². The minimum atomic E-state index is -0.0222. The molecule has 2 N–H and O–H groups in total. The van der Waals surface area contributed by atoms with Crippen molar-refractivity contribution in [2.24, 2.45) is 5.92 Å². The Morgan fingerprint density at radius 2 is 2.11 bits per heavy atom. The molecule has 2 heterocycles. The molecule has 6 heteroatoms. The third-order valence-electron chi connectivity index (χ3n) is 4.05. The number of H-pyrrole nitrogens is 1. The predicted octanol–water partition coefficient (Wildman–Crippen LogP) is 0.754. The van der Waals surface area contributed by atoms with Gasteiger partial charge in [0.2, 0.25) is 5.82 Å². The third kappa shape index (κ3) is 2.78. The molecule has 0 spiro atoms. The Bertz CT molecular complexity index is 446. The van der Waals surface area contributed by atoms with Crippen molar-refractivity contribution in [2.45, 2.75) is 31.6 Å². The average Bonchev–Trinajstić information content (AvgIpc) is 3.17. The molecule has 0 atom stereocenters. The van der Waals surface area contributed by atoms with E-state index in [0.717, 1.165) is 51.1 Å². The summed E-state index contributed by atoms with van der Waals surface area (Å²) in [6.45, 7) is 2.67. The SMILES string of the molecule is CNCC1CCN(C(=O)c2n[nH]c(C3CC3)n2)CC1. The van der Waals surface area contributed by atoms with E-state index in [1.165, 1.54) is 0 Å². The van der Waals surface area contributed by atoms with Crippen LogP contribution in [0.3, 0.4) is 0 Å². The van der Waals surface area contributed by atoms with Crippen molar-refractivity contribution < 1.29 is 4.79 Å². The van der Waals surface area contributed by atoms with E-state index in [9.17, 15) is 4.79 Å². The van der Waals surface area contributed by atoms with Crippen LogP contribution in [0.5, 0.6) is 0 Å². The lowest BCUT2D eigenvalue weighted by molar-refractivity contribution is 0.0679. The lowest BCUT2D eigenvalue weighted by Gasteiger charge is -2.31.